The maximum Gasteiger partial charge on any atom is 0.332 e. The van der Waals surface area contributed by atoms with Crippen molar-refractivity contribution in [1.82, 2.24) is 0 Å². The predicted molar refractivity (Wildman–Crippen MR) is 67.1 cm³/mol. The lowest BCUT2D eigenvalue weighted by atomic mass is 10.2. The van der Waals surface area contributed by atoms with Gasteiger partial charge in [0, 0.05) is 23.5 Å². The topological polar surface area (TPSA) is 47.6 Å². The first kappa shape index (κ1) is 13.1. The predicted octanol–water partition coefficient (Wildman–Crippen LogP) is 2.49. The van der Waals surface area contributed by atoms with Crippen molar-refractivity contribution in [2.24, 2.45) is 0 Å². The number of ether oxygens (including phenoxy) is 2. The summed E-state index contributed by atoms with van der Waals surface area (Å²) in [4.78, 5) is 11.0. The first-order valence-electron chi connectivity index (χ1n) is 5.24. The molecule has 0 heterocycles. The highest BCUT2D eigenvalue weighted by atomic mass is 16.5. The van der Waals surface area contributed by atoms with Gasteiger partial charge in [-0.3, -0.25) is 0 Å². The Morgan fingerprint density at radius 3 is 2.65 bits per heavy atom. The van der Waals surface area contributed by atoms with Crippen molar-refractivity contribution in [1.29, 1.82) is 0 Å². The molecule has 0 aromatic heterocycles. The molecule has 4 heteroatoms. The summed E-state index contributed by atoms with van der Waals surface area (Å²) in [5, 5.41) is 3.09. The van der Waals surface area contributed by atoms with Crippen LogP contribution in [0, 0.1) is 6.92 Å². The minimum absolute atomic E-state index is 0.380. The van der Waals surface area contributed by atoms with Gasteiger partial charge in [-0.05, 0) is 25.5 Å². The van der Waals surface area contributed by atoms with Gasteiger partial charge in [0.05, 0.1) is 14.2 Å². The number of esters is 1. The van der Waals surface area contributed by atoms with Crippen molar-refractivity contribution < 1.29 is 14.3 Å². The van der Waals surface area contributed by atoms with Crippen LogP contribution in [-0.2, 0) is 9.53 Å². The fourth-order valence-corrected chi connectivity index (χ4v) is 1.40. The molecule has 0 aliphatic rings. The number of carbonyl (C=O) groups excluding carboxylic acids is 1. The van der Waals surface area contributed by atoms with E-state index in [0.717, 1.165) is 17.0 Å². The molecule has 0 fully saturated rings. The summed E-state index contributed by atoms with van der Waals surface area (Å²) >= 11 is 0. The lowest BCUT2D eigenvalue weighted by Gasteiger charge is -2.10. The van der Waals surface area contributed by atoms with Crippen LogP contribution in [0.25, 0.3) is 0 Å². The normalized spacial score (nSPS) is 10.9. The van der Waals surface area contributed by atoms with Crippen LogP contribution in [0.1, 0.15) is 12.5 Å². The third-order valence-electron chi connectivity index (χ3n) is 2.29. The number of nitrogens with one attached hydrogen (secondary N) is 1. The molecule has 92 valence electrons. The van der Waals surface area contributed by atoms with Crippen LogP contribution >= 0.6 is 0 Å². The zero-order chi connectivity index (χ0) is 12.8. The molecule has 0 radical (unpaired) electrons. The molecule has 1 aromatic rings. The fourth-order valence-electron chi connectivity index (χ4n) is 1.40. The van der Waals surface area contributed by atoms with Gasteiger partial charge in [0.25, 0.3) is 0 Å². The standard InChI is InChI=1S/C13H17NO3/c1-9-5-6-11(8-12(9)16-3)14-10(2)7-13(15)17-4/h5-8,14H,1-4H3/b10-7+. The van der Waals surface area contributed by atoms with Crippen LogP contribution in [0.3, 0.4) is 0 Å². The Morgan fingerprint density at radius 2 is 2.06 bits per heavy atom. The van der Waals surface area contributed by atoms with Crippen molar-refractivity contribution in [3.63, 3.8) is 0 Å². The van der Waals surface area contributed by atoms with Gasteiger partial charge in [-0.25, -0.2) is 4.79 Å². The summed E-state index contributed by atoms with van der Waals surface area (Å²) in [6.45, 7) is 3.77. The molecule has 0 aliphatic heterocycles. The van der Waals surface area contributed by atoms with Gasteiger partial charge < -0.3 is 14.8 Å². The van der Waals surface area contributed by atoms with E-state index in [1.807, 2.05) is 25.1 Å². The van der Waals surface area contributed by atoms with E-state index in [-0.39, 0.29) is 5.97 Å². The highest BCUT2D eigenvalue weighted by Crippen LogP contribution is 2.22. The van der Waals surface area contributed by atoms with Crippen LogP contribution in [0.4, 0.5) is 5.69 Å². The van der Waals surface area contributed by atoms with Gasteiger partial charge in [0.15, 0.2) is 0 Å². The maximum absolute atomic E-state index is 11.0. The third kappa shape index (κ3) is 3.83. The molecular formula is C13H17NO3. The van der Waals surface area contributed by atoms with E-state index in [4.69, 9.17) is 4.74 Å². The zero-order valence-corrected chi connectivity index (χ0v) is 10.5. The Morgan fingerprint density at radius 1 is 1.35 bits per heavy atom. The second kappa shape index (κ2) is 5.94. The molecule has 0 saturated heterocycles. The third-order valence-corrected chi connectivity index (χ3v) is 2.29. The maximum atomic E-state index is 11.0. The smallest absolute Gasteiger partial charge is 0.332 e. The van der Waals surface area contributed by atoms with Gasteiger partial charge in [0.2, 0.25) is 0 Å². The Kier molecular flexibility index (Phi) is 4.57. The molecule has 1 N–H and O–H groups in total. The van der Waals surface area contributed by atoms with E-state index >= 15 is 0 Å². The largest absolute Gasteiger partial charge is 0.496 e. The number of aryl methyl sites for hydroxylation is 1. The number of benzene rings is 1. The van der Waals surface area contributed by atoms with E-state index in [2.05, 4.69) is 10.1 Å². The van der Waals surface area contributed by atoms with Crippen LogP contribution in [0.15, 0.2) is 30.0 Å². The Labute approximate surface area is 101 Å². The fraction of sp³-hybridized carbons (Fsp3) is 0.308. The summed E-state index contributed by atoms with van der Waals surface area (Å²) in [5.41, 5.74) is 2.64. The molecule has 0 atom stereocenters. The van der Waals surface area contributed by atoms with Crippen LogP contribution in [-0.4, -0.2) is 20.2 Å². The lowest BCUT2D eigenvalue weighted by molar-refractivity contribution is -0.134. The first-order chi connectivity index (χ1) is 8.06. The molecule has 1 aromatic carbocycles. The number of rotatable bonds is 4. The number of anilines is 1. The summed E-state index contributed by atoms with van der Waals surface area (Å²) < 4.78 is 9.76. The van der Waals surface area contributed by atoms with Crippen LogP contribution < -0.4 is 10.1 Å². The summed E-state index contributed by atoms with van der Waals surface area (Å²) in [5.74, 6) is 0.426. The van der Waals surface area contributed by atoms with Gasteiger partial charge in [-0.2, -0.15) is 0 Å². The van der Waals surface area contributed by atoms with Gasteiger partial charge in [-0.1, -0.05) is 6.07 Å². The van der Waals surface area contributed by atoms with Gasteiger partial charge >= 0.3 is 5.97 Å². The van der Waals surface area contributed by atoms with Gasteiger partial charge in [-0.15, -0.1) is 0 Å². The number of hydrogen-bond donors (Lipinski definition) is 1. The van der Waals surface area contributed by atoms with Crippen LogP contribution in [0.5, 0.6) is 5.75 Å². The molecule has 0 amide bonds. The molecule has 0 spiro atoms. The summed E-state index contributed by atoms with van der Waals surface area (Å²) in [6, 6.07) is 5.75. The molecule has 0 bridgehead atoms. The van der Waals surface area contributed by atoms with Crippen molar-refractivity contribution in [3.05, 3.63) is 35.5 Å². The van der Waals surface area contributed by atoms with Crippen molar-refractivity contribution in [3.8, 4) is 5.75 Å². The minimum Gasteiger partial charge on any atom is -0.496 e. The van der Waals surface area contributed by atoms with Crippen molar-refractivity contribution in [2.45, 2.75) is 13.8 Å². The summed E-state index contributed by atoms with van der Waals surface area (Å²) in [7, 11) is 2.98. The Bertz CT molecular complexity index is 438. The molecule has 4 nitrogen and oxygen atoms in total. The molecular weight excluding hydrogens is 218 g/mol. The first-order valence-corrected chi connectivity index (χ1v) is 5.24. The second-order valence-corrected chi connectivity index (χ2v) is 3.66. The Balaban J connectivity index is 2.82. The average Bonchev–Trinajstić information content (AvgIpc) is 2.31. The molecule has 1 rings (SSSR count). The van der Waals surface area contributed by atoms with Gasteiger partial charge in [0.1, 0.15) is 5.75 Å². The Hall–Kier alpha value is -1.97. The number of allylic oxidation sites excluding steroid dienone is 1. The SMILES string of the molecule is COC(=O)/C=C(\C)Nc1ccc(C)c(OC)c1. The second-order valence-electron chi connectivity index (χ2n) is 3.66. The van der Waals surface area contributed by atoms with Crippen molar-refractivity contribution >= 4 is 11.7 Å². The number of hydrogen-bond acceptors (Lipinski definition) is 4. The molecule has 0 aliphatic carbocycles. The van der Waals surface area contributed by atoms with E-state index in [0.29, 0.717) is 5.70 Å². The van der Waals surface area contributed by atoms with E-state index < -0.39 is 0 Å². The van der Waals surface area contributed by atoms with Crippen molar-refractivity contribution in [2.75, 3.05) is 19.5 Å². The number of methoxy groups -OCH3 is 2. The molecule has 17 heavy (non-hydrogen) atoms. The van der Waals surface area contributed by atoms with E-state index in [9.17, 15) is 4.79 Å². The van der Waals surface area contributed by atoms with E-state index in [1.54, 1.807) is 14.0 Å². The molecule has 0 saturated carbocycles. The number of carbonyl (C=O) groups is 1. The molecule has 0 unspecified atom stereocenters. The quantitative estimate of drug-likeness (QED) is 0.643. The zero-order valence-electron chi connectivity index (χ0n) is 10.5. The van der Waals surface area contributed by atoms with Crippen LogP contribution in [0.2, 0.25) is 0 Å². The minimum atomic E-state index is -0.380. The van der Waals surface area contributed by atoms with E-state index in [1.165, 1.54) is 13.2 Å². The highest BCUT2D eigenvalue weighted by molar-refractivity contribution is 5.83. The summed E-state index contributed by atoms with van der Waals surface area (Å²) in [6.07, 6.45) is 1.40. The highest BCUT2D eigenvalue weighted by Gasteiger charge is 2.01. The lowest BCUT2D eigenvalue weighted by Crippen LogP contribution is -2.02. The monoisotopic (exact) mass is 235 g/mol. The average molecular weight is 235 g/mol.